The van der Waals surface area contributed by atoms with E-state index in [2.05, 4.69) is 26.5 Å². The molecule has 0 heterocycles. The monoisotopic (exact) mass is 386 g/mol. The minimum Gasteiger partial charge on any atom is -0.507 e. The second-order valence-electron chi connectivity index (χ2n) is 4.04. The third-order valence-electron chi connectivity index (χ3n) is 2.53. The van der Waals surface area contributed by atoms with Crippen LogP contribution in [0.1, 0.15) is 15.9 Å². The van der Waals surface area contributed by atoms with Crippen LogP contribution in [0.15, 0.2) is 46.0 Å². The van der Waals surface area contributed by atoms with Crippen LogP contribution in [0.4, 0.5) is 0 Å². The van der Waals surface area contributed by atoms with Crippen molar-refractivity contribution in [3.63, 3.8) is 0 Å². The summed E-state index contributed by atoms with van der Waals surface area (Å²) in [5.41, 5.74) is 3.45. The van der Waals surface area contributed by atoms with Crippen LogP contribution < -0.4 is 5.43 Å². The molecule has 0 saturated heterocycles. The zero-order valence-electron chi connectivity index (χ0n) is 10.5. The van der Waals surface area contributed by atoms with Crippen LogP contribution in [0.2, 0.25) is 10.0 Å². The standard InChI is InChI=1S/C14H9BrCl2N2O2/c15-10-5-8(1-4-13(10)20)7-18-19-14(21)9-2-3-11(16)12(17)6-9/h1-7,20H,(H,19,21)/b18-7-. The fourth-order valence-corrected chi connectivity index (χ4v) is 2.17. The maximum Gasteiger partial charge on any atom is 0.271 e. The normalized spacial score (nSPS) is 10.8. The Bertz CT molecular complexity index is 720. The summed E-state index contributed by atoms with van der Waals surface area (Å²) in [7, 11) is 0. The minimum atomic E-state index is -0.400. The molecule has 0 unspecified atom stereocenters. The number of benzene rings is 2. The first-order valence-electron chi connectivity index (χ1n) is 5.74. The van der Waals surface area contributed by atoms with Gasteiger partial charge in [0.2, 0.25) is 0 Å². The lowest BCUT2D eigenvalue weighted by atomic mass is 10.2. The zero-order chi connectivity index (χ0) is 15.4. The summed E-state index contributed by atoms with van der Waals surface area (Å²) in [5, 5.41) is 13.9. The van der Waals surface area contributed by atoms with Gasteiger partial charge in [0.05, 0.1) is 20.7 Å². The minimum absolute atomic E-state index is 0.131. The number of phenols is 1. The number of phenolic OH excluding ortho intramolecular Hbond substituents is 1. The number of carbonyl (C=O) groups excluding carboxylic acids is 1. The summed E-state index contributed by atoms with van der Waals surface area (Å²) in [5.74, 6) is -0.269. The predicted octanol–water partition coefficient (Wildman–Crippen LogP) is 4.23. The van der Waals surface area contributed by atoms with Crippen molar-refractivity contribution in [1.29, 1.82) is 0 Å². The molecule has 2 aromatic rings. The highest BCUT2D eigenvalue weighted by atomic mass is 79.9. The van der Waals surface area contributed by atoms with E-state index in [1.807, 2.05) is 0 Å². The lowest BCUT2D eigenvalue weighted by molar-refractivity contribution is 0.0955. The van der Waals surface area contributed by atoms with Crippen LogP contribution in [0, 0.1) is 0 Å². The topological polar surface area (TPSA) is 61.7 Å². The lowest BCUT2D eigenvalue weighted by Gasteiger charge is -2.02. The largest absolute Gasteiger partial charge is 0.507 e. The number of halogens is 3. The lowest BCUT2D eigenvalue weighted by Crippen LogP contribution is -2.17. The van der Waals surface area contributed by atoms with E-state index in [4.69, 9.17) is 23.2 Å². The van der Waals surface area contributed by atoms with Crippen molar-refractivity contribution in [3.05, 3.63) is 62.0 Å². The molecule has 4 nitrogen and oxygen atoms in total. The van der Waals surface area contributed by atoms with E-state index in [9.17, 15) is 9.90 Å². The summed E-state index contributed by atoms with van der Waals surface area (Å²) >= 11 is 14.8. The average molecular weight is 388 g/mol. The number of nitrogens with one attached hydrogen (secondary N) is 1. The average Bonchev–Trinajstić information content (AvgIpc) is 2.45. The smallest absolute Gasteiger partial charge is 0.271 e. The van der Waals surface area contributed by atoms with Crippen molar-refractivity contribution < 1.29 is 9.90 Å². The number of hydrogen-bond donors (Lipinski definition) is 2. The van der Waals surface area contributed by atoms with Gasteiger partial charge in [0.25, 0.3) is 5.91 Å². The number of amides is 1. The maximum absolute atomic E-state index is 11.8. The second-order valence-corrected chi connectivity index (χ2v) is 5.71. The summed E-state index contributed by atoms with van der Waals surface area (Å²) in [4.78, 5) is 11.8. The summed E-state index contributed by atoms with van der Waals surface area (Å²) in [6.07, 6.45) is 1.46. The molecule has 0 saturated carbocycles. The molecule has 0 radical (unpaired) electrons. The van der Waals surface area contributed by atoms with Gasteiger partial charge in [-0.05, 0) is 57.9 Å². The number of hydrazone groups is 1. The Balaban J connectivity index is 2.04. The first kappa shape index (κ1) is 15.8. The van der Waals surface area contributed by atoms with Gasteiger partial charge in [0, 0.05) is 5.56 Å². The van der Waals surface area contributed by atoms with Crippen molar-refractivity contribution in [1.82, 2.24) is 5.43 Å². The van der Waals surface area contributed by atoms with E-state index in [1.165, 1.54) is 18.3 Å². The van der Waals surface area contributed by atoms with E-state index in [1.54, 1.807) is 24.3 Å². The second kappa shape index (κ2) is 6.93. The molecule has 0 fully saturated rings. The number of nitrogens with zero attached hydrogens (tertiary/aromatic N) is 1. The molecule has 0 bridgehead atoms. The number of aromatic hydroxyl groups is 1. The van der Waals surface area contributed by atoms with Gasteiger partial charge >= 0.3 is 0 Å². The Morgan fingerprint density at radius 1 is 1.19 bits per heavy atom. The van der Waals surface area contributed by atoms with Gasteiger partial charge in [-0.2, -0.15) is 5.10 Å². The molecule has 21 heavy (non-hydrogen) atoms. The molecule has 0 aliphatic carbocycles. The highest BCUT2D eigenvalue weighted by molar-refractivity contribution is 9.10. The van der Waals surface area contributed by atoms with Crippen LogP contribution in [0.5, 0.6) is 5.75 Å². The molecular formula is C14H9BrCl2N2O2. The van der Waals surface area contributed by atoms with Crippen LogP contribution >= 0.6 is 39.1 Å². The Hall–Kier alpha value is -1.56. The van der Waals surface area contributed by atoms with E-state index in [0.717, 1.165) is 0 Å². The molecular weight excluding hydrogens is 379 g/mol. The van der Waals surface area contributed by atoms with Crippen molar-refractivity contribution in [2.75, 3.05) is 0 Å². The van der Waals surface area contributed by atoms with Gasteiger partial charge in [-0.1, -0.05) is 23.2 Å². The first-order valence-corrected chi connectivity index (χ1v) is 7.29. The fraction of sp³-hybridized carbons (Fsp3) is 0. The van der Waals surface area contributed by atoms with E-state index >= 15 is 0 Å². The van der Waals surface area contributed by atoms with E-state index in [-0.39, 0.29) is 5.75 Å². The molecule has 2 rings (SSSR count). The molecule has 108 valence electrons. The molecule has 0 aliphatic rings. The van der Waals surface area contributed by atoms with Gasteiger partial charge in [0.15, 0.2) is 0 Å². The fourth-order valence-electron chi connectivity index (χ4n) is 1.47. The third kappa shape index (κ3) is 4.20. The van der Waals surface area contributed by atoms with E-state index < -0.39 is 5.91 Å². The quantitative estimate of drug-likeness (QED) is 0.611. The van der Waals surface area contributed by atoms with E-state index in [0.29, 0.717) is 25.6 Å². The summed E-state index contributed by atoms with van der Waals surface area (Å²) in [6, 6.07) is 9.41. The van der Waals surface area contributed by atoms with Gasteiger partial charge in [-0.3, -0.25) is 4.79 Å². The molecule has 0 atom stereocenters. The summed E-state index contributed by atoms with van der Waals surface area (Å²) in [6.45, 7) is 0. The van der Waals surface area contributed by atoms with Crippen molar-refractivity contribution >= 4 is 51.3 Å². The molecule has 0 spiro atoms. The molecule has 0 aliphatic heterocycles. The SMILES string of the molecule is O=C(N/N=C\c1ccc(O)c(Br)c1)c1ccc(Cl)c(Cl)c1. The van der Waals surface area contributed by atoms with Crippen LogP contribution in [-0.2, 0) is 0 Å². The van der Waals surface area contributed by atoms with Gasteiger partial charge in [-0.25, -0.2) is 5.43 Å². The predicted molar refractivity (Wildman–Crippen MR) is 87.3 cm³/mol. The van der Waals surface area contributed by atoms with Gasteiger partial charge in [-0.15, -0.1) is 0 Å². The zero-order valence-corrected chi connectivity index (χ0v) is 13.6. The maximum atomic E-state index is 11.8. The Labute approximate surface area is 139 Å². The summed E-state index contributed by atoms with van der Waals surface area (Å²) < 4.78 is 0.544. The highest BCUT2D eigenvalue weighted by Crippen LogP contribution is 2.24. The Kier molecular flexibility index (Phi) is 5.22. The van der Waals surface area contributed by atoms with Crippen LogP contribution in [0.3, 0.4) is 0 Å². The molecule has 2 aromatic carbocycles. The van der Waals surface area contributed by atoms with Crippen LogP contribution in [0.25, 0.3) is 0 Å². The Morgan fingerprint density at radius 3 is 2.62 bits per heavy atom. The molecule has 1 amide bonds. The van der Waals surface area contributed by atoms with Crippen LogP contribution in [-0.4, -0.2) is 17.2 Å². The molecule has 0 aromatic heterocycles. The van der Waals surface area contributed by atoms with Crippen molar-refractivity contribution in [2.45, 2.75) is 0 Å². The Morgan fingerprint density at radius 2 is 1.95 bits per heavy atom. The van der Waals surface area contributed by atoms with Crippen molar-refractivity contribution in [2.24, 2.45) is 5.10 Å². The number of carbonyl (C=O) groups is 1. The van der Waals surface area contributed by atoms with Gasteiger partial charge < -0.3 is 5.11 Å². The first-order chi connectivity index (χ1) is 9.97. The third-order valence-corrected chi connectivity index (χ3v) is 3.91. The van der Waals surface area contributed by atoms with Gasteiger partial charge in [0.1, 0.15) is 5.75 Å². The molecule has 7 heteroatoms. The number of rotatable bonds is 3. The number of hydrogen-bond acceptors (Lipinski definition) is 3. The highest BCUT2D eigenvalue weighted by Gasteiger charge is 2.06. The van der Waals surface area contributed by atoms with Crippen molar-refractivity contribution in [3.8, 4) is 5.75 Å². The molecule has 2 N–H and O–H groups in total.